The van der Waals surface area contributed by atoms with Gasteiger partial charge in [-0.2, -0.15) is 0 Å². The van der Waals surface area contributed by atoms with Crippen LogP contribution in [0.25, 0.3) is 0 Å². The molecular weight excluding hydrogens is 338 g/mol. The van der Waals surface area contributed by atoms with Crippen LogP contribution in [0.3, 0.4) is 0 Å². The predicted octanol–water partition coefficient (Wildman–Crippen LogP) is 2.55. The Morgan fingerprint density at radius 1 is 1.07 bits per heavy atom. The molecule has 142 valence electrons. The third kappa shape index (κ3) is 4.04. The van der Waals surface area contributed by atoms with Crippen molar-refractivity contribution >= 4 is 5.91 Å². The highest BCUT2D eigenvalue weighted by Crippen LogP contribution is 2.28. The lowest BCUT2D eigenvalue weighted by Gasteiger charge is -2.37. The van der Waals surface area contributed by atoms with Crippen LogP contribution in [-0.2, 0) is 11.2 Å². The summed E-state index contributed by atoms with van der Waals surface area (Å²) in [5.41, 5.74) is 2.71. The summed E-state index contributed by atoms with van der Waals surface area (Å²) in [7, 11) is 0. The quantitative estimate of drug-likeness (QED) is 0.835. The Morgan fingerprint density at radius 2 is 1.85 bits per heavy atom. The van der Waals surface area contributed by atoms with Crippen molar-refractivity contribution in [1.29, 1.82) is 0 Å². The van der Waals surface area contributed by atoms with Crippen molar-refractivity contribution in [3.63, 3.8) is 0 Å². The summed E-state index contributed by atoms with van der Waals surface area (Å²) in [4.78, 5) is 22.3. The van der Waals surface area contributed by atoms with Crippen molar-refractivity contribution in [1.82, 2.24) is 14.8 Å². The fourth-order valence-corrected chi connectivity index (χ4v) is 4.34. The maximum atomic E-state index is 13.2. The summed E-state index contributed by atoms with van der Waals surface area (Å²) in [6, 6.07) is 16.7. The summed E-state index contributed by atoms with van der Waals surface area (Å²) in [6.45, 7) is 6.16. The first-order chi connectivity index (χ1) is 13.2. The van der Waals surface area contributed by atoms with Crippen molar-refractivity contribution in [2.24, 2.45) is 0 Å². The number of aromatic nitrogens is 1. The number of carbonyl (C=O) groups is 1. The van der Waals surface area contributed by atoms with Crippen LogP contribution in [0.4, 0.5) is 0 Å². The van der Waals surface area contributed by atoms with Crippen molar-refractivity contribution < 1.29 is 9.53 Å². The molecule has 2 aliphatic heterocycles. The molecule has 4 rings (SSSR count). The molecule has 0 unspecified atom stereocenters. The van der Waals surface area contributed by atoms with E-state index < -0.39 is 0 Å². The van der Waals surface area contributed by atoms with Gasteiger partial charge in [0.1, 0.15) is 5.69 Å². The van der Waals surface area contributed by atoms with Gasteiger partial charge in [-0.15, -0.1) is 0 Å². The Kier molecular flexibility index (Phi) is 5.50. The van der Waals surface area contributed by atoms with Crippen LogP contribution in [0.5, 0.6) is 0 Å². The minimum Gasteiger partial charge on any atom is -0.379 e. The molecule has 2 saturated heterocycles. The largest absolute Gasteiger partial charge is 0.379 e. The van der Waals surface area contributed by atoms with Crippen LogP contribution in [0.1, 0.15) is 28.2 Å². The predicted molar refractivity (Wildman–Crippen MR) is 105 cm³/mol. The highest BCUT2D eigenvalue weighted by atomic mass is 16.5. The Labute approximate surface area is 161 Å². The second-order valence-corrected chi connectivity index (χ2v) is 7.42. The van der Waals surface area contributed by atoms with E-state index in [2.05, 4.69) is 39.0 Å². The zero-order valence-corrected chi connectivity index (χ0v) is 15.9. The zero-order valence-electron chi connectivity index (χ0n) is 15.9. The molecule has 1 aromatic carbocycles. The van der Waals surface area contributed by atoms with Crippen LogP contribution in [0.2, 0.25) is 0 Å². The average Bonchev–Trinajstić information content (AvgIpc) is 3.12. The Balaban J connectivity index is 1.59. The average molecular weight is 365 g/mol. The van der Waals surface area contributed by atoms with Crippen LogP contribution in [0, 0.1) is 6.92 Å². The first-order valence-electron chi connectivity index (χ1n) is 9.83. The summed E-state index contributed by atoms with van der Waals surface area (Å²) in [6.07, 6.45) is 1.88. The van der Waals surface area contributed by atoms with Crippen LogP contribution >= 0.6 is 0 Å². The SMILES string of the molecule is Cc1cccc(C(=O)N2CC[C@@H](N3CCOCC3)[C@@H]2Cc2ccccc2)n1. The highest BCUT2D eigenvalue weighted by molar-refractivity contribution is 5.92. The van der Waals surface area contributed by atoms with Gasteiger partial charge in [0.15, 0.2) is 0 Å². The number of benzene rings is 1. The number of aryl methyl sites for hydroxylation is 1. The van der Waals surface area contributed by atoms with E-state index in [9.17, 15) is 4.79 Å². The van der Waals surface area contributed by atoms with Gasteiger partial charge in [0.25, 0.3) is 5.91 Å². The third-order valence-electron chi connectivity index (χ3n) is 5.68. The zero-order chi connectivity index (χ0) is 18.6. The molecular formula is C22H27N3O2. The van der Waals surface area contributed by atoms with E-state index in [1.54, 1.807) is 0 Å². The molecule has 2 fully saturated rings. The van der Waals surface area contributed by atoms with Gasteiger partial charge in [0.05, 0.1) is 19.3 Å². The van der Waals surface area contributed by atoms with E-state index >= 15 is 0 Å². The Hall–Kier alpha value is -2.24. The number of carbonyl (C=O) groups excluding carboxylic acids is 1. The Bertz CT molecular complexity index is 774. The normalized spacial score (nSPS) is 23.5. The van der Waals surface area contributed by atoms with Gasteiger partial charge < -0.3 is 9.64 Å². The smallest absolute Gasteiger partial charge is 0.272 e. The van der Waals surface area contributed by atoms with E-state index in [4.69, 9.17) is 4.74 Å². The highest BCUT2D eigenvalue weighted by Gasteiger charge is 2.40. The van der Waals surface area contributed by atoms with Crippen LogP contribution < -0.4 is 0 Å². The Morgan fingerprint density at radius 3 is 2.59 bits per heavy atom. The number of hydrogen-bond donors (Lipinski definition) is 0. The van der Waals surface area contributed by atoms with Gasteiger partial charge in [0.2, 0.25) is 0 Å². The minimum atomic E-state index is 0.0513. The fraction of sp³-hybridized carbons (Fsp3) is 0.455. The lowest BCUT2D eigenvalue weighted by molar-refractivity contribution is 0.00859. The lowest BCUT2D eigenvalue weighted by Crippen LogP contribution is -2.51. The monoisotopic (exact) mass is 365 g/mol. The third-order valence-corrected chi connectivity index (χ3v) is 5.68. The second kappa shape index (κ2) is 8.19. The second-order valence-electron chi connectivity index (χ2n) is 7.42. The van der Waals surface area contributed by atoms with Crippen molar-refractivity contribution in [3.05, 3.63) is 65.5 Å². The van der Waals surface area contributed by atoms with Crippen LogP contribution in [-0.4, -0.2) is 65.6 Å². The van der Waals surface area contributed by atoms with Gasteiger partial charge in [0, 0.05) is 31.4 Å². The molecule has 2 atom stereocenters. The fourth-order valence-electron chi connectivity index (χ4n) is 4.34. The van der Waals surface area contributed by atoms with Gasteiger partial charge >= 0.3 is 0 Å². The first-order valence-corrected chi connectivity index (χ1v) is 9.83. The molecule has 5 heteroatoms. The van der Waals surface area contributed by atoms with E-state index in [1.807, 2.05) is 31.2 Å². The summed E-state index contributed by atoms with van der Waals surface area (Å²) in [5, 5.41) is 0. The summed E-state index contributed by atoms with van der Waals surface area (Å²) < 4.78 is 5.54. The van der Waals surface area contributed by atoms with E-state index in [0.717, 1.165) is 51.4 Å². The molecule has 0 saturated carbocycles. The lowest BCUT2D eigenvalue weighted by atomic mass is 9.98. The number of hydrogen-bond acceptors (Lipinski definition) is 4. The number of morpholine rings is 1. The molecule has 5 nitrogen and oxygen atoms in total. The summed E-state index contributed by atoms with van der Waals surface area (Å²) >= 11 is 0. The molecule has 1 amide bonds. The number of ether oxygens (including phenoxy) is 1. The molecule has 0 radical (unpaired) electrons. The van der Waals surface area contributed by atoms with E-state index in [1.165, 1.54) is 5.56 Å². The maximum Gasteiger partial charge on any atom is 0.272 e. The van der Waals surface area contributed by atoms with E-state index in [0.29, 0.717) is 11.7 Å². The van der Waals surface area contributed by atoms with Gasteiger partial charge in [-0.3, -0.25) is 9.69 Å². The topological polar surface area (TPSA) is 45.7 Å². The van der Waals surface area contributed by atoms with Crippen molar-refractivity contribution in [2.45, 2.75) is 31.8 Å². The number of amides is 1. The number of nitrogens with zero attached hydrogens (tertiary/aromatic N) is 3. The molecule has 2 aliphatic rings. The molecule has 0 N–H and O–H groups in total. The van der Waals surface area contributed by atoms with Crippen LogP contribution in [0.15, 0.2) is 48.5 Å². The maximum absolute atomic E-state index is 13.2. The number of likely N-dealkylation sites (tertiary alicyclic amines) is 1. The van der Waals surface area contributed by atoms with E-state index in [-0.39, 0.29) is 11.9 Å². The number of rotatable bonds is 4. The molecule has 1 aromatic heterocycles. The first kappa shape index (κ1) is 18.1. The molecule has 0 spiro atoms. The molecule has 2 aromatic rings. The molecule has 27 heavy (non-hydrogen) atoms. The molecule has 3 heterocycles. The minimum absolute atomic E-state index is 0.0513. The van der Waals surface area contributed by atoms with Gasteiger partial charge in [-0.25, -0.2) is 4.98 Å². The van der Waals surface area contributed by atoms with Crippen molar-refractivity contribution in [3.8, 4) is 0 Å². The molecule has 0 aliphatic carbocycles. The molecule has 0 bridgehead atoms. The van der Waals surface area contributed by atoms with Gasteiger partial charge in [-0.1, -0.05) is 36.4 Å². The van der Waals surface area contributed by atoms with Crippen molar-refractivity contribution in [2.75, 3.05) is 32.8 Å². The standard InChI is InChI=1S/C22H27N3O2/c1-17-6-5-9-19(23-17)22(26)25-11-10-20(24-12-14-27-15-13-24)21(25)16-18-7-3-2-4-8-18/h2-9,20-21H,10-16H2,1H3/t20-,21+/m1/s1. The number of pyridine rings is 1. The summed E-state index contributed by atoms with van der Waals surface area (Å²) in [5.74, 6) is 0.0513. The van der Waals surface area contributed by atoms with Gasteiger partial charge in [-0.05, 0) is 37.5 Å².